The van der Waals surface area contributed by atoms with Gasteiger partial charge in [-0.15, -0.1) is 0 Å². The fourth-order valence-electron chi connectivity index (χ4n) is 3.36. The summed E-state index contributed by atoms with van der Waals surface area (Å²) in [4.78, 5) is 21.6. The van der Waals surface area contributed by atoms with Crippen LogP contribution in [0.2, 0.25) is 0 Å². The van der Waals surface area contributed by atoms with Crippen LogP contribution in [0.15, 0.2) is 24.3 Å². The van der Waals surface area contributed by atoms with E-state index in [2.05, 4.69) is 10.00 Å². The van der Waals surface area contributed by atoms with Gasteiger partial charge in [0, 0.05) is 31.9 Å². The van der Waals surface area contributed by atoms with Crippen LogP contribution in [0, 0.1) is 6.92 Å². The molecule has 0 spiro atoms. The van der Waals surface area contributed by atoms with E-state index in [1.165, 1.54) is 0 Å². The maximum Gasteiger partial charge on any atom is 0.249 e. The van der Waals surface area contributed by atoms with Crippen LogP contribution in [0.5, 0.6) is 5.75 Å². The van der Waals surface area contributed by atoms with Crippen molar-refractivity contribution in [3.63, 3.8) is 0 Å². The molecule has 3 aromatic rings. The zero-order valence-electron chi connectivity index (χ0n) is 15.3. The van der Waals surface area contributed by atoms with Gasteiger partial charge in [0.1, 0.15) is 11.8 Å². The minimum Gasteiger partial charge on any atom is -0.497 e. The summed E-state index contributed by atoms with van der Waals surface area (Å²) in [5.41, 5.74) is 2.71. The molecule has 1 amide bonds. The SMILES string of the molecule is COc1cccc(N2CCN(c3nc4c(s3)c(C)nn4C)[C@H](C)C2=O)c1. The van der Waals surface area contributed by atoms with Crippen LogP contribution in [0.25, 0.3) is 10.3 Å². The van der Waals surface area contributed by atoms with Crippen molar-refractivity contribution in [1.82, 2.24) is 14.8 Å². The fraction of sp³-hybridized carbons (Fsp3) is 0.389. The molecular formula is C18H21N5O2S. The van der Waals surface area contributed by atoms with Gasteiger partial charge in [0.15, 0.2) is 10.8 Å². The number of carbonyl (C=O) groups excluding carboxylic acids is 1. The van der Waals surface area contributed by atoms with Gasteiger partial charge in [-0.1, -0.05) is 17.4 Å². The normalized spacial score (nSPS) is 18.0. The number of anilines is 2. The summed E-state index contributed by atoms with van der Waals surface area (Å²) >= 11 is 1.60. The number of piperazine rings is 1. The van der Waals surface area contributed by atoms with Gasteiger partial charge in [0.2, 0.25) is 5.91 Å². The fourth-order valence-corrected chi connectivity index (χ4v) is 4.50. The topological polar surface area (TPSA) is 63.5 Å². The lowest BCUT2D eigenvalue weighted by atomic mass is 10.1. The summed E-state index contributed by atoms with van der Waals surface area (Å²) < 4.78 is 8.16. The first-order valence-electron chi connectivity index (χ1n) is 8.52. The van der Waals surface area contributed by atoms with Gasteiger partial charge in [-0.3, -0.25) is 4.79 Å². The molecule has 7 nitrogen and oxygen atoms in total. The number of rotatable bonds is 3. The molecule has 4 rings (SSSR count). The van der Waals surface area contributed by atoms with E-state index in [1.807, 2.05) is 50.1 Å². The number of ether oxygens (including phenoxy) is 1. The zero-order chi connectivity index (χ0) is 18.4. The maximum absolute atomic E-state index is 13.0. The van der Waals surface area contributed by atoms with Gasteiger partial charge in [0.25, 0.3) is 0 Å². The molecule has 0 unspecified atom stereocenters. The Morgan fingerprint density at radius 2 is 2.12 bits per heavy atom. The number of thiazole rings is 1. The number of hydrogen-bond acceptors (Lipinski definition) is 6. The summed E-state index contributed by atoms with van der Waals surface area (Å²) in [7, 11) is 3.53. The molecule has 2 aromatic heterocycles. The molecule has 8 heteroatoms. The molecule has 136 valence electrons. The van der Waals surface area contributed by atoms with Crippen molar-refractivity contribution in [2.24, 2.45) is 7.05 Å². The standard InChI is InChI=1S/C18H21N5O2S/c1-11-15-16(21(3)20-11)19-18(26-15)22-8-9-23(17(24)12(22)2)13-6-5-7-14(10-13)25-4/h5-7,10,12H,8-9H2,1-4H3/t12-/m1/s1. The third-order valence-corrected chi connectivity index (χ3v) is 5.99. The second kappa shape index (κ2) is 6.28. The van der Waals surface area contributed by atoms with E-state index < -0.39 is 0 Å². The van der Waals surface area contributed by atoms with Crippen LogP contribution >= 0.6 is 11.3 Å². The number of nitrogens with zero attached hydrogens (tertiary/aromatic N) is 5. The minimum atomic E-state index is -0.274. The van der Waals surface area contributed by atoms with E-state index >= 15 is 0 Å². The van der Waals surface area contributed by atoms with Gasteiger partial charge in [-0.2, -0.15) is 5.10 Å². The van der Waals surface area contributed by atoms with E-state index in [0.717, 1.165) is 39.2 Å². The highest BCUT2D eigenvalue weighted by Gasteiger charge is 2.34. The molecule has 3 heterocycles. The molecule has 1 fully saturated rings. The Hall–Kier alpha value is -2.61. The average Bonchev–Trinajstić information content (AvgIpc) is 3.19. The maximum atomic E-state index is 13.0. The monoisotopic (exact) mass is 371 g/mol. The van der Waals surface area contributed by atoms with Crippen LogP contribution in [0.3, 0.4) is 0 Å². The number of benzene rings is 1. The van der Waals surface area contributed by atoms with Crippen molar-refractivity contribution in [2.75, 3.05) is 30.0 Å². The van der Waals surface area contributed by atoms with E-state index in [9.17, 15) is 4.79 Å². The van der Waals surface area contributed by atoms with Crippen molar-refractivity contribution in [2.45, 2.75) is 19.9 Å². The highest BCUT2D eigenvalue weighted by Crippen LogP contribution is 2.34. The Balaban J connectivity index is 1.61. The van der Waals surface area contributed by atoms with Crippen LogP contribution in [-0.2, 0) is 11.8 Å². The number of amides is 1. The number of aromatic nitrogens is 3. The first-order chi connectivity index (χ1) is 12.5. The number of methoxy groups -OCH3 is 1. The van der Waals surface area contributed by atoms with Gasteiger partial charge in [0.05, 0.1) is 17.5 Å². The summed E-state index contributed by atoms with van der Waals surface area (Å²) in [6.45, 7) is 5.27. The van der Waals surface area contributed by atoms with E-state index in [4.69, 9.17) is 9.72 Å². The van der Waals surface area contributed by atoms with Crippen molar-refractivity contribution < 1.29 is 9.53 Å². The van der Waals surface area contributed by atoms with Crippen LogP contribution in [0.4, 0.5) is 10.8 Å². The molecule has 0 aliphatic carbocycles. The number of fused-ring (bicyclic) bond motifs is 1. The van der Waals surface area contributed by atoms with Crippen molar-refractivity contribution in [3.8, 4) is 5.75 Å². The highest BCUT2D eigenvalue weighted by molar-refractivity contribution is 7.22. The molecule has 1 aromatic carbocycles. The Labute approximate surface area is 155 Å². The minimum absolute atomic E-state index is 0.0682. The molecule has 1 atom stereocenters. The van der Waals surface area contributed by atoms with Crippen molar-refractivity contribution >= 4 is 38.4 Å². The Bertz CT molecular complexity index is 945. The zero-order valence-corrected chi connectivity index (χ0v) is 16.1. The second-order valence-corrected chi connectivity index (χ2v) is 7.40. The number of hydrogen-bond donors (Lipinski definition) is 0. The van der Waals surface area contributed by atoms with Gasteiger partial charge in [-0.25, -0.2) is 9.67 Å². The van der Waals surface area contributed by atoms with Gasteiger partial charge < -0.3 is 14.5 Å². The molecule has 1 aliphatic heterocycles. The summed E-state index contributed by atoms with van der Waals surface area (Å²) in [5, 5.41) is 5.27. The molecular weight excluding hydrogens is 350 g/mol. The Morgan fingerprint density at radius 3 is 2.85 bits per heavy atom. The molecule has 26 heavy (non-hydrogen) atoms. The Morgan fingerprint density at radius 1 is 1.31 bits per heavy atom. The smallest absolute Gasteiger partial charge is 0.249 e. The lowest BCUT2D eigenvalue weighted by Gasteiger charge is -2.39. The lowest BCUT2D eigenvalue weighted by Crippen LogP contribution is -2.56. The van der Waals surface area contributed by atoms with E-state index in [-0.39, 0.29) is 11.9 Å². The molecule has 0 radical (unpaired) electrons. The first-order valence-corrected chi connectivity index (χ1v) is 9.33. The molecule has 0 N–H and O–H groups in total. The van der Waals surface area contributed by atoms with Crippen molar-refractivity contribution in [1.29, 1.82) is 0 Å². The predicted molar refractivity (Wildman–Crippen MR) is 103 cm³/mol. The summed E-state index contributed by atoms with van der Waals surface area (Å²) in [5.74, 6) is 0.818. The van der Waals surface area contributed by atoms with E-state index in [0.29, 0.717) is 6.54 Å². The van der Waals surface area contributed by atoms with Gasteiger partial charge >= 0.3 is 0 Å². The highest BCUT2D eigenvalue weighted by atomic mass is 32.1. The Kier molecular flexibility index (Phi) is 4.07. The first kappa shape index (κ1) is 16.8. The number of aryl methyl sites for hydroxylation is 2. The second-order valence-electron chi connectivity index (χ2n) is 6.42. The molecule has 1 saturated heterocycles. The summed E-state index contributed by atoms with van der Waals surface area (Å²) in [6, 6.07) is 7.35. The van der Waals surface area contributed by atoms with Crippen LogP contribution in [-0.4, -0.2) is 46.9 Å². The van der Waals surface area contributed by atoms with E-state index in [1.54, 1.807) is 23.1 Å². The third-order valence-electron chi connectivity index (χ3n) is 4.80. The lowest BCUT2D eigenvalue weighted by molar-refractivity contribution is -0.120. The number of carbonyl (C=O) groups is 1. The average molecular weight is 371 g/mol. The molecule has 0 bridgehead atoms. The molecule has 0 saturated carbocycles. The summed E-state index contributed by atoms with van der Waals surface area (Å²) in [6.07, 6.45) is 0. The molecule has 1 aliphatic rings. The van der Waals surface area contributed by atoms with Crippen molar-refractivity contribution in [3.05, 3.63) is 30.0 Å². The quantitative estimate of drug-likeness (QED) is 0.708. The largest absolute Gasteiger partial charge is 0.497 e. The van der Waals surface area contributed by atoms with Crippen LogP contribution < -0.4 is 14.5 Å². The predicted octanol–water partition coefficient (Wildman–Crippen LogP) is 2.59. The van der Waals surface area contributed by atoms with Gasteiger partial charge in [-0.05, 0) is 26.0 Å². The van der Waals surface area contributed by atoms with Crippen LogP contribution in [0.1, 0.15) is 12.6 Å². The third kappa shape index (κ3) is 2.61.